The van der Waals surface area contributed by atoms with Gasteiger partial charge in [-0.05, 0) is 107 Å². The van der Waals surface area contributed by atoms with Gasteiger partial charge in [0, 0.05) is 51.2 Å². The summed E-state index contributed by atoms with van der Waals surface area (Å²) in [6, 6.07) is 24.3. The van der Waals surface area contributed by atoms with Crippen LogP contribution in [-0.2, 0) is 51.3 Å². The van der Waals surface area contributed by atoms with E-state index in [1.54, 1.807) is 60.9 Å². The molecule has 2 unspecified atom stereocenters. The van der Waals surface area contributed by atoms with Gasteiger partial charge in [-0.1, -0.05) is 36.4 Å². The van der Waals surface area contributed by atoms with Crippen LogP contribution in [-0.4, -0.2) is 270 Å². The van der Waals surface area contributed by atoms with Crippen molar-refractivity contribution < 1.29 is 156 Å². The number of carboxylic acid groups (broad SMARTS) is 2. The van der Waals surface area contributed by atoms with Gasteiger partial charge < -0.3 is 138 Å². The van der Waals surface area contributed by atoms with Crippen LogP contribution in [0.3, 0.4) is 0 Å². The minimum atomic E-state index is -2.07. The van der Waals surface area contributed by atoms with Crippen molar-refractivity contribution in [3.63, 3.8) is 0 Å². The molecule has 39 nitrogen and oxygen atoms in total. The minimum Gasteiger partial charge on any atom is -0.497 e. The van der Waals surface area contributed by atoms with E-state index in [9.17, 15) is 79.8 Å². The second-order valence-electron chi connectivity index (χ2n) is 27.2. The number of nitrogens with two attached hydrogens (primary N) is 1. The van der Waals surface area contributed by atoms with Crippen molar-refractivity contribution in [2.24, 2.45) is 5.90 Å². The molecule has 12 rings (SSSR count). The van der Waals surface area contributed by atoms with Crippen LogP contribution in [0.1, 0.15) is 82.9 Å². The molecule has 6 aromatic carbocycles. The number of ether oxygens (including phenoxy) is 13. The first-order valence-corrected chi connectivity index (χ1v) is 36.4. The maximum atomic E-state index is 15.0. The average molecular weight is 1630 g/mol. The smallest absolute Gasteiger partial charge is 0.416 e. The molecule has 2 fully saturated rings. The molecule has 624 valence electrons. The first-order chi connectivity index (χ1) is 56.2. The first kappa shape index (κ1) is 84.4. The molecule has 0 bridgehead atoms. The highest BCUT2D eigenvalue weighted by Crippen LogP contribution is 2.47. The average Bonchev–Trinajstić information content (AvgIpc) is 1.63. The van der Waals surface area contributed by atoms with E-state index in [4.69, 9.17) is 67.5 Å². The lowest BCUT2D eigenvalue weighted by Gasteiger charge is -2.38. The highest BCUT2D eigenvalue weighted by atomic mass is 16.7. The molecule has 39 heteroatoms. The van der Waals surface area contributed by atoms with Crippen molar-refractivity contribution in [2.75, 3.05) is 84.9 Å². The van der Waals surface area contributed by atoms with E-state index in [2.05, 4.69) is 15.5 Å². The number of aliphatic hydroxyl groups is 8. The van der Waals surface area contributed by atoms with Crippen LogP contribution >= 0.6 is 0 Å². The highest BCUT2D eigenvalue weighted by Gasteiger charge is 2.52. The Bertz CT molecular complexity index is 4470. The van der Waals surface area contributed by atoms with E-state index in [0.29, 0.717) is 33.8 Å². The number of carbonyl (C=O) groups excluding carboxylic acids is 6. The maximum Gasteiger partial charge on any atom is 0.416 e. The molecule has 0 saturated carbocycles. The van der Waals surface area contributed by atoms with Crippen molar-refractivity contribution in [3.8, 4) is 46.0 Å². The Balaban J connectivity index is 0.811. The summed E-state index contributed by atoms with van der Waals surface area (Å²) >= 11 is 0. The fourth-order valence-electron chi connectivity index (χ4n) is 13.9. The zero-order valence-electron chi connectivity index (χ0n) is 63.2. The summed E-state index contributed by atoms with van der Waals surface area (Å²) in [5.74, 6) is -0.918. The zero-order valence-corrected chi connectivity index (χ0v) is 63.2. The Morgan fingerprint density at radius 1 is 0.470 bits per heavy atom. The fraction of sp³-hybridized carbons (Fsp3) is 0.385. The van der Waals surface area contributed by atoms with Crippen molar-refractivity contribution in [1.82, 2.24) is 20.4 Å². The molecule has 14 atom stereocenters. The highest BCUT2D eigenvalue weighted by molar-refractivity contribution is 6.09. The van der Waals surface area contributed by atoms with E-state index >= 15 is 9.59 Å². The molecule has 6 amide bonds. The Kier molecular flexibility index (Phi) is 26.6. The van der Waals surface area contributed by atoms with E-state index < -0.39 is 147 Å². The fourth-order valence-corrected chi connectivity index (χ4v) is 13.9. The second kappa shape index (κ2) is 36.9. The third-order valence-corrected chi connectivity index (χ3v) is 20.0. The topological polar surface area (TPSA) is 531 Å². The van der Waals surface area contributed by atoms with Crippen molar-refractivity contribution in [1.29, 1.82) is 0 Å². The molecule has 6 aliphatic heterocycles. The number of benzene rings is 6. The van der Waals surface area contributed by atoms with Crippen LogP contribution in [0.15, 0.2) is 122 Å². The summed E-state index contributed by atoms with van der Waals surface area (Å²) in [6.45, 7) is -1.96. The van der Waals surface area contributed by atoms with Crippen molar-refractivity contribution in [2.45, 2.75) is 118 Å². The summed E-state index contributed by atoms with van der Waals surface area (Å²) in [5, 5.41) is 113. The number of aliphatic carboxylic acids is 2. The van der Waals surface area contributed by atoms with Crippen LogP contribution in [0.25, 0.3) is 11.1 Å². The zero-order chi connectivity index (χ0) is 83.8. The van der Waals surface area contributed by atoms with Crippen LogP contribution < -0.4 is 64.2 Å². The van der Waals surface area contributed by atoms with Gasteiger partial charge in [0.15, 0.2) is 47.7 Å². The molecule has 0 aliphatic carbocycles. The normalized spacial score (nSPS) is 23.9. The van der Waals surface area contributed by atoms with E-state index in [-0.39, 0.29) is 138 Å². The maximum absolute atomic E-state index is 15.0. The number of hydrogen-bond acceptors (Lipinski definition) is 31. The van der Waals surface area contributed by atoms with Gasteiger partial charge >= 0.3 is 24.1 Å². The van der Waals surface area contributed by atoms with Gasteiger partial charge in [0.2, 0.25) is 12.6 Å². The van der Waals surface area contributed by atoms with Gasteiger partial charge in [-0.2, -0.15) is 0 Å². The SMILES string of the molecule is COCCNC(=O)c1cc(COC(=O)N2c3cc(OCCCOc4cc5c(cc4OC)C(=O)N4C=C(c6ccc(OC)cc6)C[C@H]4C(O)N5C(=O)OCc4ccc(O[C@@H]5O[C@H](C(=O)O)[C@@H](O)[C@H](O)[C@H]5O)c(C(=O)NCCON)c4)c(OC)cc3C(=O)N3C=C(c4ccc(OC)cc4)C[C@H]3C2O)ccc1O[C@@H]1O[C@H](C(=O)O)[C@@H](O)[C@H](O)[C@H]1O. The Morgan fingerprint density at radius 2 is 0.872 bits per heavy atom. The molecule has 117 heavy (non-hydrogen) atoms. The molecule has 6 aromatic rings. The molecule has 6 heterocycles. The van der Waals surface area contributed by atoms with Crippen LogP contribution in [0.2, 0.25) is 0 Å². The second-order valence-corrected chi connectivity index (χ2v) is 27.2. The first-order valence-electron chi connectivity index (χ1n) is 36.4. The standard InChI is InChI=1S/C78H85N7O32/c1-104-23-19-80-67(92)47-25-37(7-17-53(47)114-75-63(90)59(86)61(88)65(116-75)73(98)99)35-111-77(102)84-49-31-57(55(107-4)29-45(49)69(94)82-33-41(27-51(82)71(84)96)39-9-13-43(105-2)14-10-39)109-21-6-22-110-58-32-50-46(30-56(58)108-5)70(95)83-34-42(40-11-15-44(106-3)16-12-40)28-52(83)72(97)85(50)78(103)112-36-38-8-18-54(48(26-38)68(93)81-20-24-113-79)115-76-64(91)60(87)62(89)66(117-76)74(100)101/h7-18,25-26,29-34,51-52,59-66,71-72,75-76,86-91,96-97H,6,19-24,27-28,35-36,79H2,1-5H3,(H,80,92)(H,81,93)(H,98,99)(H,100,101)/t51-,52-,59-,60-,61-,62-,63+,64+,65-,66-,71?,72?,75+,76+/m0/s1. The number of aliphatic hydroxyl groups excluding tert-OH is 8. The number of fused-ring (bicyclic) bond motifs is 4. The van der Waals surface area contributed by atoms with Gasteiger partial charge in [0.25, 0.3) is 23.6 Å². The van der Waals surface area contributed by atoms with E-state index in [0.717, 1.165) is 9.80 Å². The number of hydrogen-bond donors (Lipinski definition) is 13. The minimum absolute atomic E-state index is 0.00730. The van der Waals surface area contributed by atoms with Gasteiger partial charge in [0.1, 0.15) is 72.8 Å². The van der Waals surface area contributed by atoms with Gasteiger partial charge in [0.05, 0.1) is 101 Å². The van der Waals surface area contributed by atoms with E-state index in [1.165, 1.54) is 106 Å². The number of nitrogens with zero attached hydrogens (tertiary/aromatic N) is 4. The number of methoxy groups -OCH3 is 5. The number of anilines is 2. The van der Waals surface area contributed by atoms with Crippen molar-refractivity contribution in [3.05, 3.63) is 166 Å². The number of carbonyl (C=O) groups is 8. The van der Waals surface area contributed by atoms with Crippen LogP contribution in [0, 0.1) is 0 Å². The summed E-state index contributed by atoms with van der Waals surface area (Å²) in [5.41, 5.74) is 1.43. The lowest BCUT2D eigenvalue weighted by molar-refractivity contribution is -0.271. The summed E-state index contributed by atoms with van der Waals surface area (Å²) in [6.07, 6.45) is -23.3. The van der Waals surface area contributed by atoms with Crippen LogP contribution in [0.4, 0.5) is 21.0 Å². The third-order valence-electron chi connectivity index (χ3n) is 20.0. The Hall–Kier alpha value is -12.0. The Labute approximate surface area is 665 Å². The van der Waals surface area contributed by atoms with Crippen LogP contribution in [0.5, 0.6) is 46.0 Å². The molecular formula is C78H85N7O32. The number of nitrogens with one attached hydrogen (secondary N) is 2. The molecule has 2 saturated heterocycles. The van der Waals surface area contributed by atoms with Crippen molar-refractivity contribution >= 4 is 70.3 Å². The molecule has 0 radical (unpaired) electrons. The molecule has 0 spiro atoms. The number of carboxylic acids is 2. The monoisotopic (exact) mass is 1630 g/mol. The summed E-state index contributed by atoms with van der Waals surface area (Å²) in [7, 11) is 6.99. The lowest BCUT2D eigenvalue weighted by Crippen LogP contribution is -2.61. The molecule has 14 N–H and O–H groups in total. The number of amides is 6. The summed E-state index contributed by atoms with van der Waals surface area (Å²) < 4.78 is 74.0. The molecule has 6 aliphatic rings. The number of rotatable bonds is 30. The predicted octanol–water partition coefficient (Wildman–Crippen LogP) is 1.57. The summed E-state index contributed by atoms with van der Waals surface area (Å²) in [4.78, 5) is 120. The van der Waals surface area contributed by atoms with Gasteiger partial charge in [-0.15, -0.1) is 0 Å². The Morgan fingerprint density at radius 3 is 1.24 bits per heavy atom. The lowest BCUT2D eigenvalue weighted by atomic mass is 9.99. The predicted molar refractivity (Wildman–Crippen MR) is 399 cm³/mol. The van der Waals surface area contributed by atoms with Gasteiger partial charge in [-0.25, -0.2) is 34.9 Å². The van der Waals surface area contributed by atoms with E-state index in [1.807, 2.05) is 0 Å². The molecular weight excluding hydrogens is 1550 g/mol. The molecule has 0 aromatic heterocycles. The van der Waals surface area contributed by atoms with Gasteiger partial charge in [-0.3, -0.25) is 19.2 Å². The quantitative estimate of drug-likeness (QED) is 0.0225. The largest absolute Gasteiger partial charge is 0.497 e. The third kappa shape index (κ3) is 17.9.